The molecule has 2 aromatic heterocycles. The molecule has 4 aromatic rings. The van der Waals surface area contributed by atoms with Crippen LogP contribution in [0.2, 0.25) is 0 Å². The number of carbonyl (C=O) groups is 3. The molecule has 0 aliphatic rings. The maximum atomic E-state index is 14.8. The fourth-order valence-corrected chi connectivity index (χ4v) is 4.13. The van der Waals surface area contributed by atoms with Crippen LogP contribution < -0.4 is 17.2 Å². The number of carbonyl (C=O) groups excluding carboxylic acids is 3. The molecule has 2 aromatic carbocycles. The van der Waals surface area contributed by atoms with Crippen LogP contribution in [0.25, 0.3) is 22.0 Å². The second-order valence-corrected chi connectivity index (χ2v) is 8.10. The lowest BCUT2D eigenvalue weighted by Crippen LogP contribution is -2.22. The molecule has 0 atom stereocenters. The minimum absolute atomic E-state index is 0.125. The van der Waals surface area contributed by atoms with Gasteiger partial charge < -0.3 is 17.2 Å². The van der Waals surface area contributed by atoms with Gasteiger partial charge in [-0.25, -0.2) is 9.37 Å². The number of fused-ring (bicyclic) bond motifs is 1. The molecule has 9 nitrogen and oxygen atoms in total. The molecule has 37 heavy (non-hydrogen) atoms. The highest BCUT2D eigenvalue weighted by Gasteiger charge is 2.41. The van der Waals surface area contributed by atoms with Crippen LogP contribution in [0.15, 0.2) is 42.5 Å². The second kappa shape index (κ2) is 9.00. The second-order valence-electron chi connectivity index (χ2n) is 8.10. The van der Waals surface area contributed by atoms with Crippen molar-refractivity contribution in [3.05, 3.63) is 82.1 Å². The number of alkyl halides is 3. The minimum atomic E-state index is -5.07. The van der Waals surface area contributed by atoms with Crippen molar-refractivity contribution in [3.63, 3.8) is 0 Å². The lowest BCUT2D eigenvalue weighted by Gasteiger charge is -2.16. The van der Waals surface area contributed by atoms with E-state index in [0.29, 0.717) is 5.56 Å². The third-order valence-corrected chi connectivity index (χ3v) is 5.71. The van der Waals surface area contributed by atoms with E-state index in [-0.39, 0.29) is 23.3 Å². The molecular weight excluding hydrogens is 496 g/mol. The number of rotatable bonds is 6. The van der Waals surface area contributed by atoms with E-state index in [1.165, 1.54) is 43.3 Å². The van der Waals surface area contributed by atoms with Crippen molar-refractivity contribution in [2.75, 3.05) is 0 Å². The van der Waals surface area contributed by atoms with Crippen LogP contribution in [0.5, 0.6) is 0 Å². The Hall–Kier alpha value is -4.81. The van der Waals surface area contributed by atoms with Crippen molar-refractivity contribution in [2.24, 2.45) is 17.2 Å². The van der Waals surface area contributed by atoms with Crippen molar-refractivity contribution in [1.82, 2.24) is 14.8 Å². The average Bonchev–Trinajstić information content (AvgIpc) is 3.14. The average molecular weight is 514 g/mol. The molecule has 0 fully saturated rings. The number of primary amides is 3. The normalized spacial score (nSPS) is 11.6. The molecule has 0 saturated heterocycles. The van der Waals surface area contributed by atoms with Crippen LogP contribution in [0.3, 0.4) is 0 Å². The number of pyridine rings is 1. The molecule has 0 bridgehead atoms. The molecule has 13 heteroatoms. The summed E-state index contributed by atoms with van der Waals surface area (Å²) in [6, 6.07) is 9.31. The smallest absolute Gasteiger partial charge is 0.366 e. The first-order valence-corrected chi connectivity index (χ1v) is 10.6. The predicted octanol–water partition coefficient (Wildman–Crippen LogP) is 2.91. The van der Waals surface area contributed by atoms with Gasteiger partial charge in [0.2, 0.25) is 11.8 Å². The Bertz CT molecular complexity index is 1610. The number of aromatic nitrogens is 3. The fourth-order valence-electron chi connectivity index (χ4n) is 4.13. The van der Waals surface area contributed by atoms with Crippen molar-refractivity contribution in [1.29, 1.82) is 0 Å². The van der Waals surface area contributed by atoms with E-state index in [0.717, 1.165) is 10.7 Å². The number of benzene rings is 2. The lowest BCUT2D eigenvalue weighted by molar-refractivity contribution is -0.141. The van der Waals surface area contributed by atoms with Gasteiger partial charge >= 0.3 is 6.18 Å². The van der Waals surface area contributed by atoms with Crippen LogP contribution in [0, 0.1) is 12.7 Å². The largest absolute Gasteiger partial charge is 0.435 e. The molecular formula is C24H18F4N6O3. The molecule has 0 aliphatic carbocycles. The number of nitrogens with zero attached hydrogens (tertiary/aromatic N) is 3. The van der Waals surface area contributed by atoms with Gasteiger partial charge in [0.15, 0.2) is 5.69 Å². The summed E-state index contributed by atoms with van der Waals surface area (Å²) in [5.74, 6) is -4.29. The maximum Gasteiger partial charge on any atom is 0.435 e. The number of halogens is 4. The van der Waals surface area contributed by atoms with Gasteiger partial charge in [0.25, 0.3) is 5.91 Å². The lowest BCUT2D eigenvalue weighted by atomic mass is 9.91. The number of hydrogen-bond donors (Lipinski definition) is 3. The summed E-state index contributed by atoms with van der Waals surface area (Å²) in [6.45, 7) is 1.01. The van der Waals surface area contributed by atoms with Gasteiger partial charge in [-0.1, -0.05) is 18.2 Å². The summed E-state index contributed by atoms with van der Waals surface area (Å²) in [4.78, 5) is 40.3. The van der Waals surface area contributed by atoms with E-state index in [1.807, 2.05) is 0 Å². The summed E-state index contributed by atoms with van der Waals surface area (Å²) in [7, 11) is 0. The monoisotopic (exact) mass is 514 g/mol. The van der Waals surface area contributed by atoms with E-state index in [1.54, 1.807) is 0 Å². The van der Waals surface area contributed by atoms with Crippen molar-refractivity contribution in [2.45, 2.75) is 19.6 Å². The van der Waals surface area contributed by atoms with E-state index in [2.05, 4.69) is 10.1 Å². The van der Waals surface area contributed by atoms with Crippen LogP contribution in [-0.4, -0.2) is 32.5 Å². The summed E-state index contributed by atoms with van der Waals surface area (Å²) in [6.07, 6.45) is -5.07. The Morgan fingerprint density at radius 2 is 1.62 bits per heavy atom. The van der Waals surface area contributed by atoms with E-state index in [9.17, 15) is 31.9 Å². The highest BCUT2D eigenvalue weighted by molar-refractivity contribution is 6.16. The zero-order valence-corrected chi connectivity index (χ0v) is 19.1. The molecule has 2 heterocycles. The van der Waals surface area contributed by atoms with Gasteiger partial charge in [-0.3, -0.25) is 19.1 Å². The Balaban J connectivity index is 2.09. The van der Waals surface area contributed by atoms with E-state index >= 15 is 0 Å². The van der Waals surface area contributed by atoms with Crippen LogP contribution in [0.1, 0.15) is 48.2 Å². The van der Waals surface area contributed by atoms with Gasteiger partial charge in [0.05, 0.1) is 17.6 Å². The van der Waals surface area contributed by atoms with Gasteiger partial charge in [-0.15, -0.1) is 0 Å². The fraction of sp³-hybridized carbons (Fsp3) is 0.125. The maximum absolute atomic E-state index is 14.8. The first-order valence-electron chi connectivity index (χ1n) is 10.6. The molecule has 0 unspecified atom stereocenters. The Morgan fingerprint density at radius 3 is 2.22 bits per heavy atom. The van der Waals surface area contributed by atoms with Crippen molar-refractivity contribution >= 4 is 28.6 Å². The zero-order valence-electron chi connectivity index (χ0n) is 19.1. The summed E-state index contributed by atoms with van der Waals surface area (Å²) in [5.41, 5.74) is 12.1. The molecule has 6 N–H and O–H groups in total. The third-order valence-electron chi connectivity index (χ3n) is 5.71. The quantitative estimate of drug-likeness (QED) is 0.337. The highest BCUT2D eigenvalue weighted by Crippen LogP contribution is 2.42. The standard InChI is InChI=1S/C24H18F4N6O3/c1-10-15(17-18(22(30)36)16-13(25)6-3-7-14(16)32-19(17)23(31)37)20(24(26,27)28)33-34(10)9-11-4-2-5-12(8-11)21(29)35/h2-8H,9H2,1H3,(H2,29,35)(H2,30,36)(H2,31,37). The number of amides is 3. The van der Waals surface area contributed by atoms with Gasteiger partial charge in [0, 0.05) is 27.8 Å². The van der Waals surface area contributed by atoms with Gasteiger partial charge in [-0.05, 0) is 36.8 Å². The first kappa shape index (κ1) is 25.3. The van der Waals surface area contributed by atoms with E-state index < -0.39 is 63.2 Å². The SMILES string of the molecule is Cc1c(-c2c(C(N)=O)nc3cccc(F)c3c2C(N)=O)c(C(F)(F)F)nn1Cc1cccc(C(N)=O)c1. The van der Waals surface area contributed by atoms with E-state index in [4.69, 9.17) is 17.2 Å². The zero-order chi connectivity index (χ0) is 27.2. The predicted molar refractivity (Wildman–Crippen MR) is 124 cm³/mol. The van der Waals surface area contributed by atoms with Crippen LogP contribution >= 0.6 is 0 Å². The Labute approximate surface area is 205 Å². The molecule has 0 saturated carbocycles. The van der Waals surface area contributed by atoms with Gasteiger partial charge in [0.1, 0.15) is 11.5 Å². The molecule has 190 valence electrons. The molecule has 0 spiro atoms. The summed E-state index contributed by atoms with van der Waals surface area (Å²) < 4.78 is 58.5. The summed E-state index contributed by atoms with van der Waals surface area (Å²) in [5, 5.41) is 3.21. The van der Waals surface area contributed by atoms with Gasteiger partial charge in [-0.2, -0.15) is 18.3 Å². The van der Waals surface area contributed by atoms with Crippen molar-refractivity contribution < 1.29 is 31.9 Å². The topological polar surface area (TPSA) is 160 Å². The third kappa shape index (κ3) is 4.46. The Morgan fingerprint density at radius 1 is 0.946 bits per heavy atom. The summed E-state index contributed by atoms with van der Waals surface area (Å²) >= 11 is 0. The highest BCUT2D eigenvalue weighted by atomic mass is 19.4. The Kier molecular flexibility index (Phi) is 6.15. The first-order chi connectivity index (χ1) is 17.3. The number of hydrogen-bond acceptors (Lipinski definition) is 5. The number of nitrogens with two attached hydrogens (primary N) is 3. The van der Waals surface area contributed by atoms with Crippen LogP contribution in [0.4, 0.5) is 17.6 Å². The molecule has 0 radical (unpaired) electrons. The molecule has 3 amide bonds. The van der Waals surface area contributed by atoms with Crippen molar-refractivity contribution in [3.8, 4) is 11.1 Å². The molecule has 0 aliphatic heterocycles. The molecule has 4 rings (SSSR count). The van der Waals surface area contributed by atoms with Crippen LogP contribution in [-0.2, 0) is 12.7 Å². The minimum Gasteiger partial charge on any atom is -0.366 e.